The van der Waals surface area contributed by atoms with E-state index in [9.17, 15) is 0 Å². The van der Waals surface area contributed by atoms with Crippen LogP contribution in [0.2, 0.25) is 0 Å². The monoisotopic (exact) mass is 336 g/mol. The number of ether oxygens (including phenoxy) is 6. The lowest BCUT2D eigenvalue weighted by Gasteiger charge is -2.08. The van der Waals surface area contributed by atoms with Gasteiger partial charge in [0.1, 0.15) is 11.5 Å². The number of hydrogen-bond donors (Lipinski definition) is 0. The van der Waals surface area contributed by atoms with E-state index < -0.39 is 0 Å². The van der Waals surface area contributed by atoms with Gasteiger partial charge >= 0.3 is 0 Å². The van der Waals surface area contributed by atoms with Crippen molar-refractivity contribution in [2.24, 2.45) is 0 Å². The average Bonchev–Trinajstić information content (AvgIpc) is 2.67. The van der Waals surface area contributed by atoms with E-state index >= 15 is 0 Å². The van der Waals surface area contributed by atoms with Crippen LogP contribution in [0.5, 0.6) is 34.5 Å². The molecule has 0 aliphatic rings. The molecular formula is C18H24O6. The van der Waals surface area contributed by atoms with E-state index in [4.69, 9.17) is 28.4 Å². The normalized spacial score (nSPS) is 9.25. The fourth-order valence-electron chi connectivity index (χ4n) is 1.89. The van der Waals surface area contributed by atoms with Gasteiger partial charge in [0.25, 0.3) is 0 Å². The SMILES string of the molecule is COc1ccc(OC)c(OC)c1.COc1ccc(OC)c(OC)c1. The highest BCUT2D eigenvalue weighted by Crippen LogP contribution is 2.31. The summed E-state index contributed by atoms with van der Waals surface area (Å²) in [4.78, 5) is 0. The molecule has 0 aromatic heterocycles. The van der Waals surface area contributed by atoms with Crippen molar-refractivity contribution in [3.63, 3.8) is 0 Å². The molecule has 6 nitrogen and oxygen atoms in total. The first-order chi connectivity index (χ1) is 11.6. The quantitative estimate of drug-likeness (QED) is 0.806. The van der Waals surface area contributed by atoms with Crippen LogP contribution in [0.4, 0.5) is 0 Å². The molecule has 0 radical (unpaired) electrons. The van der Waals surface area contributed by atoms with Crippen LogP contribution in [0.1, 0.15) is 0 Å². The summed E-state index contributed by atoms with van der Waals surface area (Å²) in [7, 11) is 9.62. The maximum atomic E-state index is 5.07. The van der Waals surface area contributed by atoms with Crippen molar-refractivity contribution in [1.29, 1.82) is 0 Å². The van der Waals surface area contributed by atoms with Crippen molar-refractivity contribution in [2.75, 3.05) is 42.7 Å². The highest BCUT2D eigenvalue weighted by molar-refractivity contribution is 5.46. The Morgan fingerprint density at radius 1 is 0.417 bits per heavy atom. The Bertz CT molecular complexity index is 571. The summed E-state index contributed by atoms with van der Waals surface area (Å²) >= 11 is 0. The van der Waals surface area contributed by atoms with Gasteiger partial charge in [-0.15, -0.1) is 0 Å². The zero-order valence-electron chi connectivity index (χ0n) is 14.9. The minimum Gasteiger partial charge on any atom is -0.497 e. The zero-order chi connectivity index (χ0) is 17.9. The third kappa shape index (κ3) is 5.15. The van der Waals surface area contributed by atoms with Gasteiger partial charge in [0.05, 0.1) is 42.7 Å². The second-order valence-electron chi connectivity index (χ2n) is 4.44. The van der Waals surface area contributed by atoms with E-state index in [-0.39, 0.29) is 0 Å². The highest BCUT2D eigenvalue weighted by atomic mass is 16.5. The molecule has 132 valence electrons. The van der Waals surface area contributed by atoms with Crippen LogP contribution in [0, 0.1) is 0 Å². The average molecular weight is 336 g/mol. The lowest BCUT2D eigenvalue weighted by molar-refractivity contribution is 0.349. The highest BCUT2D eigenvalue weighted by Gasteiger charge is 2.04. The molecule has 2 aromatic carbocycles. The smallest absolute Gasteiger partial charge is 0.164 e. The molecule has 2 aromatic rings. The van der Waals surface area contributed by atoms with Gasteiger partial charge in [0, 0.05) is 12.1 Å². The lowest BCUT2D eigenvalue weighted by atomic mass is 10.3. The summed E-state index contributed by atoms with van der Waals surface area (Å²) in [5.41, 5.74) is 0. The van der Waals surface area contributed by atoms with Crippen LogP contribution in [0.15, 0.2) is 36.4 Å². The maximum Gasteiger partial charge on any atom is 0.164 e. The molecule has 0 N–H and O–H groups in total. The maximum absolute atomic E-state index is 5.07. The fraction of sp³-hybridized carbons (Fsp3) is 0.333. The number of methoxy groups -OCH3 is 6. The lowest BCUT2D eigenvalue weighted by Crippen LogP contribution is -1.91. The number of rotatable bonds is 6. The zero-order valence-corrected chi connectivity index (χ0v) is 14.9. The van der Waals surface area contributed by atoms with Gasteiger partial charge in [-0.05, 0) is 24.3 Å². The number of hydrogen-bond acceptors (Lipinski definition) is 6. The van der Waals surface area contributed by atoms with E-state index in [1.807, 2.05) is 12.1 Å². The van der Waals surface area contributed by atoms with Crippen molar-refractivity contribution in [3.8, 4) is 34.5 Å². The summed E-state index contributed by atoms with van der Waals surface area (Å²) in [5, 5.41) is 0. The van der Waals surface area contributed by atoms with Gasteiger partial charge < -0.3 is 28.4 Å². The summed E-state index contributed by atoms with van der Waals surface area (Å²) in [5.74, 6) is 4.28. The van der Waals surface area contributed by atoms with Crippen LogP contribution in [0.3, 0.4) is 0 Å². The Morgan fingerprint density at radius 2 is 0.750 bits per heavy atom. The molecule has 0 atom stereocenters. The van der Waals surface area contributed by atoms with Gasteiger partial charge in [-0.25, -0.2) is 0 Å². The molecule has 0 saturated heterocycles. The molecule has 0 bridgehead atoms. The molecule has 0 saturated carbocycles. The van der Waals surface area contributed by atoms with E-state index in [2.05, 4.69) is 0 Å². The van der Waals surface area contributed by atoms with Crippen LogP contribution >= 0.6 is 0 Å². The molecule has 0 heterocycles. The van der Waals surface area contributed by atoms with Crippen molar-refractivity contribution in [2.45, 2.75) is 0 Å². The Labute approximate surface area is 142 Å². The third-order valence-electron chi connectivity index (χ3n) is 3.18. The van der Waals surface area contributed by atoms with Crippen LogP contribution < -0.4 is 28.4 Å². The third-order valence-corrected chi connectivity index (χ3v) is 3.18. The Morgan fingerprint density at radius 3 is 1.00 bits per heavy atom. The second kappa shape index (κ2) is 10.1. The molecule has 6 heteroatoms. The summed E-state index contributed by atoms with van der Waals surface area (Å²) in [6.45, 7) is 0. The van der Waals surface area contributed by atoms with E-state index in [1.165, 1.54) is 0 Å². The van der Waals surface area contributed by atoms with Crippen molar-refractivity contribution in [1.82, 2.24) is 0 Å². The molecule has 0 spiro atoms. The second-order valence-corrected chi connectivity index (χ2v) is 4.44. The van der Waals surface area contributed by atoms with Crippen molar-refractivity contribution < 1.29 is 28.4 Å². The molecule has 0 fully saturated rings. The topological polar surface area (TPSA) is 55.4 Å². The van der Waals surface area contributed by atoms with E-state index in [0.29, 0.717) is 23.0 Å². The predicted molar refractivity (Wildman–Crippen MR) is 92.2 cm³/mol. The molecule has 0 unspecified atom stereocenters. The summed E-state index contributed by atoms with van der Waals surface area (Å²) in [6, 6.07) is 10.8. The Balaban J connectivity index is 0.000000240. The molecule has 0 aliphatic carbocycles. The predicted octanol–water partition coefficient (Wildman–Crippen LogP) is 3.42. The Hall–Kier alpha value is -2.76. The number of benzene rings is 2. The fourth-order valence-corrected chi connectivity index (χ4v) is 1.89. The molecule has 0 aliphatic heterocycles. The first-order valence-electron chi connectivity index (χ1n) is 7.15. The summed E-state index contributed by atoms with van der Waals surface area (Å²) < 4.78 is 30.3. The van der Waals surface area contributed by atoms with Crippen molar-refractivity contribution in [3.05, 3.63) is 36.4 Å². The first kappa shape index (κ1) is 19.3. The molecule has 0 amide bonds. The van der Waals surface area contributed by atoms with E-state index in [1.54, 1.807) is 66.9 Å². The minimum absolute atomic E-state index is 0.678. The molecule has 24 heavy (non-hydrogen) atoms. The standard InChI is InChI=1S/2C9H12O3/c2*1-10-7-4-5-8(11-2)9(6-7)12-3/h2*4-6H,1-3H3. The van der Waals surface area contributed by atoms with Crippen LogP contribution in [-0.2, 0) is 0 Å². The minimum atomic E-state index is 0.678. The van der Waals surface area contributed by atoms with Crippen LogP contribution in [-0.4, -0.2) is 42.7 Å². The van der Waals surface area contributed by atoms with Gasteiger partial charge in [-0.2, -0.15) is 0 Å². The van der Waals surface area contributed by atoms with Gasteiger partial charge in [0.2, 0.25) is 0 Å². The van der Waals surface area contributed by atoms with Gasteiger partial charge in [-0.3, -0.25) is 0 Å². The van der Waals surface area contributed by atoms with Gasteiger partial charge in [0.15, 0.2) is 23.0 Å². The first-order valence-corrected chi connectivity index (χ1v) is 7.15. The summed E-state index contributed by atoms with van der Waals surface area (Å²) in [6.07, 6.45) is 0. The Kier molecular flexibility index (Phi) is 8.11. The van der Waals surface area contributed by atoms with E-state index in [0.717, 1.165) is 11.5 Å². The van der Waals surface area contributed by atoms with Gasteiger partial charge in [-0.1, -0.05) is 0 Å². The molecular weight excluding hydrogens is 312 g/mol. The largest absolute Gasteiger partial charge is 0.497 e. The molecule has 2 rings (SSSR count). The van der Waals surface area contributed by atoms with Crippen molar-refractivity contribution >= 4 is 0 Å². The van der Waals surface area contributed by atoms with Crippen LogP contribution in [0.25, 0.3) is 0 Å².